The predicted octanol–water partition coefficient (Wildman–Crippen LogP) is 5.57. The van der Waals surface area contributed by atoms with Crippen molar-refractivity contribution in [2.75, 3.05) is 13.2 Å². The van der Waals surface area contributed by atoms with E-state index >= 15 is 0 Å². The summed E-state index contributed by atoms with van der Waals surface area (Å²) < 4.78 is 38.5. The molecule has 0 aromatic heterocycles. The molecule has 3 aromatic carbocycles. The van der Waals surface area contributed by atoms with E-state index < -0.39 is 12.1 Å². The number of fused-ring (bicyclic) bond motifs is 3. The summed E-state index contributed by atoms with van der Waals surface area (Å²) in [4.78, 5) is 11.1. The van der Waals surface area contributed by atoms with Crippen LogP contribution >= 0.6 is 0 Å². The van der Waals surface area contributed by atoms with Gasteiger partial charge in [0.1, 0.15) is 40.7 Å². The van der Waals surface area contributed by atoms with Crippen molar-refractivity contribution in [2.24, 2.45) is 0 Å². The first kappa shape index (κ1) is 20.8. The molecule has 0 bridgehead atoms. The highest BCUT2D eigenvalue weighted by Crippen LogP contribution is 2.44. The minimum Gasteiger partial charge on any atom is -0.493 e. The smallest absolute Gasteiger partial charge is 0.304 e. The summed E-state index contributed by atoms with van der Waals surface area (Å²) >= 11 is 0. The number of halogens is 1. The number of benzene rings is 3. The maximum atomic E-state index is 14.9. The van der Waals surface area contributed by atoms with Crippen LogP contribution in [0.5, 0.6) is 28.7 Å². The van der Waals surface area contributed by atoms with E-state index in [1.54, 1.807) is 18.2 Å². The third-order valence-corrected chi connectivity index (χ3v) is 6.69. The quantitative estimate of drug-likeness (QED) is 0.516. The number of rotatable bonds is 6. The van der Waals surface area contributed by atoms with E-state index in [-0.39, 0.29) is 18.2 Å². The second-order valence-corrected chi connectivity index (χ2v) is 8.86. The molecule has 0 radical (unpaired) electrons. The van der Waals surface area contributed by atoms with Gasteiger partial charge in [0.05, 0.1) is 19.6 Å². The Morgan fingerprint density at radius 1 is 1.03 bits per heavy atom. The molecule has 2 heterocycles. The Bertz CT molecular complexity index is 1290. The first-order valence-corrected chi connectivity index (χ1v) is 11.4. The normalized spacial score (nSPS) is 19.6. The standard InChI is InChI=1S/C27H23FO6/c28-21-5-8-23(33-17-2-6-22-15(11-17)9-10-31-22)20-4-7-24(27(20)21)34-18-1-3-19-16(12-26(29)30)14-32-25(19)13-18/h1-3,5-6,8,11,13,16,24H,4,7,9-10,12,14H2,(H,29,30)/t16?,24-/m1/s1. The van der Waals surface area contributed by atoms with Gasteiger partial charge in [-0.25, -0.2) is 4.39 Å². The van der Waals surface area contributed by atoms with Crippen molar-refractivity contribution < 1.29 is 33.2 Å². The molecule has 0 spiro atoms. The Balaban J connectivity index is 1.23. The van der Waals surface area contributed by atoms with E-state index in [1.807, 2.05) is 24.3 Å². The molecule has 0 amide bonds. The van der Waals surface area contributed by atoms with Gasteiger partial charge >= 0.3 is 5.97 Å². The maximum absolute atomic E-state index is 14.9. The summed E-state index contributed by atoms with van der Waals surface area (Å²) in [7, 11) is 0. The molecule has 6 rings (SSSR count). The molecule has 0 saturated heterocycles. The van der Waals surface area contributed by atoms with Crippen LogP contribution in [0.2, 0.25) is 0 Å². The van der Waals surface area contributed by atoms with Crippen molar-refractivity contribution in [1.82, 2.24) is 0 Å². The molecule has 0 saturated carbocycles. The van der Waals surface area contributed by atoms with Gasteiger partial charge in [0.2, 0.25) is 0 Å². The second-order valence-electron chi connectivity index (χ2n) is 8.86. The molecular formula is C27H23FO6. The Labute approximate surface area is 195 Å². The van der Waals surface area contributed by atoms with Gasteiger partial charge in [-0.2, -0.15) is 0 Å². The molecule has 6 nitrogen and oxygen atoms in total. The maximum Gasteiger partial charge on any atom is 0.304 e. The molecule has 3 aliphatic rings. The number of carboxylic acid groups (broad SMARTS) is 1. The van der Waals surface area contributed by atoms with Crippen molar-refractivity contribution in [3.05, 3.63) is 76.6 Å². The number of hydrogen-bond donors (Lipinski definition) is 1. The molecule has 174 valence electrons. The van der Waals surface area contributed by atoms with Crippen LogP contribution in [0, 0.1) is 5.82 Å². The van der Waals surface area contributed by atoms with Crippen LogP contribution in [-0.4, -0.2) is 24.3 Å². The fraction of sp³-hybridized carbons (Fsp3) is 0.296. The van der Waals surface area contributed by atoms with Gasteiger partial charge in [-0.3, -0.25) is 4.79 Å². The molecule has 0 fully saturated rings. The van der Waals surface area contributed by atoms with Crippen molar-refractivity contribution in [3.63, 3.8) is 0 Å². The number of carbonyl (C=O) groups is 1. The lowest BCUT2D eigenvalue weighted by molar-refractivity contribution is -0.137. The van der Waals surface area contributed by atoms with Gasteiger partial charge in [0.25, 0.3) is 0 Å². The van der Waals surface area contributed by atoms with Crippen LogP contribution in [0.15, 0.2) is 48.5 Å². The fourth-order valence-electron chi connectivity index (χ4n) is 5.08. The van der Waals surface area contributed by atoms with Crippen molar-refractivity contribution in [2.45, 2.75) is 37.7 Å². The number of carboxylic acids is 1. The van der Waals surface area contributed by atoms with Crippen LogP contribution in [0.1, 0.15) is 47.1 Å². The zero-order chi connectivity index (χ0) is 23.2. The van der Waals surface area contributed by atoms with Gasteiger partial charge in [-0.1, -0.05) is 6.07 Å². The van der Waals surface area contributed by atoms with Crippen LogP contribution in [-0.2, 0) is 17.6 Å². The Morgan fingerprint density at radius 3 is 2.79 bits per heavy atom. The topological polar surface area (TPSA) is 74.2 Å². The van der Waals surface area contributed by atoms with E-state index in [1.165, 1.54) is 6.07 Å². The highest BCUT2D eigenvalue weighted by Gasteiger charge is 2.32. The average molecular weight is 462 g/mol. The van der Waals surface area contributed by atoms with Crippen LogP contribution < -0.4 is 18.9 Å². The molecule has 34 heavy (non-hydrogen) atoms. The second kappa shape index (κ2) is 8.24. The number of aliphatic carboxylic acids is 1. The van der Waals surface area contributed by atoms with E-state index in [0.29, 0.717) is 54.6 Å². The van der Waals surface area contributed by atoms with E-state index in [2.05, 4.69) is 0 Å². The SMILES string of the molecule is O=C(O)CC1COc2cc(O[C@@H]3CCc4c(Oc5ccc6c(c5)CCO6)ccc(F)c43)ccc21. The van der Waals surface area contributed by atoms with E-state index in [9.17, 15) is 9.18 Å². The van der Waals surface area contributed by atoms with Crippen LogP contribution in [0.3, 0.4) is 0 Å². The number of ether oxygens (including phenoxy) is 4. The minimum atomic E-state index is -0.856. The summed E-state index contributed by atoms with van der Waals surface area (Å²) in [5.74, 6) is 2.08. The van der Waals surface area contributed by atoms with Gasteiger partial charge in [0.15, 0.2) is 0 Å². The monoisotopic (exact) mass is 462 g/mol. The first-order valence-electron chi connectivity index (χ1n) is 11.4. The molecule has 1 aliphatic carbocycles. The summed E-state index contributed by atoms with van der Waals surface area (Å²) in [6.07, 6.45) is 1.70. The van der Waals surface area contributed by atoms with Gasteiger partial charge in [-0.15, -0.1) is 0 Å². The van der Waals surface area contributed by atoms with Crippen LogP contribution in [0.4, 0.5) is 4.39 Å². The van der Waals surface area contributed by atoms with E-state index in [4.69, 9.17) is 24.1 Å². The third kappa shape index (κ3) is 3.71. The van der Waals surface area contributed by atoms with Gasteiger partial charge in [0, 0.05) is 40.7 Å². The third-order valence-electron chi connectivity index (χ3n) is 6.69. The highest BCUT2D eigenvalue weighted by atomic mass is 19.1. The van der Waals surface area contributed by atoms with Gasteiger partial charge < -0.3 is 24.1 Å². The molecule has 1 unspecified atom stereocenters. The molecule has 3 aromatic rings. The summed E-state index contributed by atoms with van der Waals surface area (Å²) in [5, 5.41) is 9.09. The molecule has 2 atom stereocenters. The minimum absolute atomic E-state index is 0.0223. The first-order chi connectivity index (χ1) is 16.5. The lowest BCUT2D eigenvalue weighted by Crippen LogP contribution is -2.07. The van der Waals surface area contributed by atoms with Crippen LogP contribution in [0.25, 0.3) is 0 Å². The van der Waals surface area contributed by atoms with Crippen molar-refractivity contribution >= 4 is 5.97 Å². The zero-order valence-electron chi connectivity index (χ0n) is 18.4. The Kier molecular flexibility index (Phi) is 5.05. The summed E-state index contributed by atoms with van der Waals surface area (Å²) in [6, 6.07) is 14.2. The largest absolute Gasteiger partial charge is 0.493 e. The van der Waals surface area contributed by atoms with E-state index in [0.717, 1.165) is 28.9 Å². The highest BCUT2D eigenvalue weighted by molar-refractivity contribution is 5.68. The predicted molar refractivity (Wildman–Crippen MR) is 121 cm³/mol. The Hall–Kier alpha value is -3.74. The Morgan fingerprint density at radius 2 is 1.91 bits per heavy atom. The molecule has 1 N–H and O–H groups in total. The van der Waals surface area contributed by atoms with Gasteiger partial charge in [-0.05, 0) is 49.2 Å². The number of hydrogen-bond acceptors (Lipinski definition) is 5. The fourth-order valence-corrected chi connectivity index (χ4v) is 5.08. The zero-order valence-corrected chi connectivity index (χ0v) is 18.4. The summed E-state index contributed by atoms with van der Waals surface area (Å²) in [5.41, 5.74) is 3.32. The summed E-state index contributed by atoms with van der Waals surface area (Å²) in [6.45, 7) is 1.01. The average Bonchev–Trinajstić information content (AvgIpc) is 3.54. The molecule has 7 heteroatoms. The lowest BCUT2D eigenvalue weighted by atomic mass is 9.98. The lowest BCUT2D eigenvalue weighted by Gasteiger charge is -2.17. The van der Waals surface area contributed by atoms with Crippen molar-refractivity contribution in [1.29, 1.82) is 0 Å². The molecular weight excluding hydrogens is 439 g/mol. The molecule has 2 aliphatic heterocycles. The van der Waals surface area contributed by atoms with Crippen molar-refractivity contribution in [3.8, 4) is 28.7 Å².